The van der Waals surface area contributed by atoms with Crippen LogP contribution in [0, 0.1) is 0 Å². The lowest BCUT2D eigenvalue weighted by Crippen LogP contribution is -2.63. The summed E-state index contributed by atoms with van der Waals surface area (Å²) < 4.78 is -0.00780. The number of para-hydroxylation sites is 2. The van der Waals surface area contributed by atoms with Gasteiger partial charge in [-0.15, -0.1) is 0 Å². The van der Waals surface area contributed by atoms with Crippen LogP contribution >= 0.6 is 0 Å². The average Bonchev–Trinajstić information content (AvgIpc) is 3.60. The highest BCUT2D eigenvalue weighted by molar-refractivity contribution is 6.99. The maximum Gasteiger partial charge on any atom is 0.0579 e. The van der Waals surface area contributed by atoms with Crippen LogP contribution in [-0.4, -0.2) is 16.1 Å². The summed E-state index contributed by atoms with van der Waals surface area (Å²) in [5.41, 5.74) is 16.3. The summed E-state index contributed by atoms with van der Waals surface area (Å²) in [7, 11) is -3.94. The fraction of sp³-hybridized carbons (Fsp3) is 0.322. The molecule has 0 heterocycles. The Morgan fingerprint density at radius 2 is 0.778 bits per heavy atom. The Bertz CT molecular complexity index is 2680. The van der Waals surface area contributed by atoms with Gasteiger partial charge in [-0.05, 0) is 161 Å². The van der Waals surface area contributed by atoms with Crippen molar-refractivity contribution in [3.8, 4) is 11.1 Å². The first kappa shape index (κ1) is 41.8. The van der Waals surface area contributed by atoms with Gasteiger partial charge in [0.15, 0.2) is 0 Å². The van der Waals surface area contributed by atoms with Crippen molar-refractivity contribution in [1.82, 2.24) is 0 Å². The second kappa shape index (κ2) is 16.8. The topological polar surface area (TPSA) is 6.48 Å². The van der Waals surface area contributed by atoms with Gasteiger partial charge in [-0.25, -0.2) is 0 Å². The van der Waals surface area contributed by atoms with Gasteiger partial charge in [-0.2, -0.15) is 0 Å². The van der Waals surface area contributed by atoms with Crippen molar-refractivity contribution in [3.63, 3.8) is 0 Å². The smallest absolute Gasteiger partial charge is 0.0579 e. The summed E-state index contributed by atoms with van der Waals surface area (Å²) >= 11 is 0. The Hall–Kier alpha value is -5.17. The summed E-state index contributed by atoms with van der Waals surface area (Å²) in [4.78, 5) is 4.97. The first-order valence-corrected chi connectivity index (χ1v) is 31.1. The molecule has 3 aliphatic carbocycles. The van der Waals surface area contributed by atoms with Gasteiger partial charge >= 0.3 is 0 Å². The highest BCUT2D eigenvalue weighted by atomic mass is 28.4. The molecule has 0 unspecified atom stereocenters. The molecule has 63 heavy (non-hydrogen) atoms. The molecular formula is C59H66N2Si2. The van der Waals surface area contributed by atoms with Gasteiger partial charge in [0.25, 0.3) is 0 Å². The SMILES string of the molecule is C[Si](C)(C)C1([Si](C)(C)C)c2cc(N(c3ccccc3)c3ccc(C4CCCCC4)cc3)ccc2-c2cc3ccc(N(c4ccccc4)c4ccc(C5CCCCC5)cc4)cc3cc21. The molecule has 7 aromatic carbocycles. The molecule has 320 valence electrons. The van der Waals surface area contributed by atoms with Crippen molar-refractivity contribution in [2.45, 2.75) is 120 Å². The number of benzene rings is 7. The van der Waals surface area contributed by atoms with Gasteiger partial charge in [0.2, 0.25) is 0 Å². The van der Waals surface area contributed by atoms with Crippen molar-refractivity contribution in [2.75, 3.05) is 9.80 Å². The van der Waals surface area contributed by atoms with E-state index in [0.29, 0.717) is 11.8 Å². The fourth-order valence-corrected chi connectivity index (χ4v) is 25.8. The molecule has 2 fully saturated rings. The Labute approximate surface area is 380 Å². The van der Waals surface area contributed by atoms with E-state index in [0.717, 1.165) is 0 Å². The maximum atomic E-state index is 2.64. The Morgan fingerprint density at radius 1 is 0.365 bits per heavy atom. The lowest BCUT2D eigenvalue weighted by atomic mass is 9.84. The van der Waals surface area contributed by atoms with E-state index in [1.807, 2.05) is 0 Å². The Kier molecular flexibility index (Phi) is 11.1. The third kappa shape index (κ3) is 7.51. The van der Waals surface area contributed by atoms with Gasteiger partial charge in [0.1, 0.15) is 0 Å². The number of nitrogens with zero attached hydrogens (tertiary/aromatic N) is 2. The van der Waals surface area contributed by atoms with Crippen LogP contribution in [0.2, 0.25) is 39.3 Å². The van der Waals surface area contributed by atoms with E-state index >= 15 is 0 Å². The van der Waals surface area contributed by atoms with Crippen LogP contribution in [0.3, 0.4) is 0 Å². The van der Waals surface area contributed by atoms with Crippen molar-refractivity contribution in [1.29, 1.82) is 0 Å². The largest absolute Gasteiger partial charge is 0.310 e. The minimum absolute atomic E-state index is 0.00780. The van der Waals surface area contributed by atoms with E-state index in [4.69, 9.17) is 0 Å². The fourth-order valence-electron chi connectivity index (χ4n) is 12.8. The molecule has 0 saturated heterocycles. The average molecular weight is 859 g/mol. The molecule has 4 heteroatoms. The second-order valence-corrected chi connectivity index (χ2v) is 32.1. The van der Waals surface area contributed by atoms with Gasteiger partial charge in [0.05, 0.1) is 16.1 Å². The molecule has 0 atom stereocenters. The number of rotatable bonds is 10. The summed E-state index contributed by atoms with van der Waals surface area (Å²) in [5, 5.41) is 2.63. The number of fused-ring (bicyclic) bond motifs is 4. The molecule has 0 amide bonds. The monoisotopic (exact) mass is 858 g/mol. The van der Waals surface area contributed by atoms with Gasteiger partial charge in [0, 0.05) is 38.8 Å². The predicted octanol–water partition coefficient (Wildman–Crippen LogP) is 17.9. The van der Waals surface area contributed by atoms with E-state index < -0.39 is 16.1 Å². The summed E-state index contributed by atoms with van der Waals surface area (Å²) in [6, 6.07) is 61.0. The number of hydrogen-bond donors (Lipinski definition) is 0. The Balaban J connectivity index is 1.10. The van der Waals surface area contributed by atoms with Crippen molar-refractivity contribution >= 4 is 61.0 Å². The molecule has 3 aliphatic rings. The molecule has 0 spiro atoms. The molecule has 2 nitrogen and oxygen atoms in total. The summed E-state index contributed by atoms with van der Waals surface area (Å²) in [6.45, 7) is 15.9. The van der Waals surface area contributed by atoms with Crippen molar-refractivity contribution in [3.05, 3.63) is 180 Å². The lowest BCUT2D eigenvalue weighted by Gasteiger charge is -2.51. The molecule has 7 aromatic rings. The molecule has 0 N–H and O–H groups in total. The number of anilines is 6. The van der Waals surface area contributed by atoms with Crippen LogP contribution in [0.1, 0.15) is 98.3 Å². The molecule has 2 saturated carbocycles. The zero-order valence-electron chi connectivity index (χ0n) is 38.6. The van der Waals surface area contributed by atoms with Gasteiger partial charge in [-0.3, -0.25) is 0 Å². The molecule has 0 aromatic heterocycles. The molecule has 10 rings (SSSR count). The lowest BCUT2D eigenvalue weighted by molar-refractivity contribution is 0.443. The van der Waals surface area contributed by atoms with Crippen molar-refractivity contribution < 1.29 is 0 Å². The van der Waals surface area contributed by atoms with Crippen LogP contribution in [-0.2, 0) is 4.66 Å². The van der Waals surface area contributed by atoms with Crippen molar-refractivity contribution in [2.24, 2.45) is 0 Å². The Morgan fingerprint density at radius 3 is 1.25 bits per heavy atom. The van der Waals surface area contributed by atoms with E-state index in [1.54, 1.807) is 11.1 Å². The van der Waals surface area contributed by atoms with E-state index in [1.165, 1.54) is 131 Å². The molecule has 0 bridgehead atoms. The number of hydrogen-bond acceptors (Lipinski definition) is 2. The predicted molar refractivity (Wildman–Crippen MR) is 278 cm³/mol. The highest BCUT2D eigenvalue weighted by Gasteiger charge is 2.59. The van der Waals surface area contributed by atoms with Crippen LogP contribution in [0.4, 0.5) is 34.1 Å². The first-order chi connectivity index (χ1) is 30.5. The quantitative estimate of drug-likeness (QED) is 0.126. The zero-order valence-corrected chi connectivity index (χ0v) is 40.6. The van der Waals surface area contributed by atoms with E-state index in [2.05, 4.69) is 207 Å². The zero-order chi connectivity index (χ0) is 43.3. The third-order valence-corrected chi connectivity index (χ3v) is 25.4. The standard InChI is InChI=1S/C59H66N2Si2/c1-62(2,3)59(63(4,5)6)57-41-48-39-53(60(49-23-15-9-16-24-49)51-32-27-45(28-33-51)43-19-11-7-12-20-43)36-31-47(48)40-56(57)55-38-37-54(42-58(55)59)61(50-25-17-10-18-26-50)52-34-29-46(30-35-52)44-21-13-8-14-22-44/h9-10,15-18,23-44H,7-8,11-14,19-22H2,1-6H3. The highest BCUT2D eigenvalue weighted by Crippen LogP contribution is 2.60. The van der Waals surface area contributed by atoms with Gasteiger partial charge < -0.3 is 9.80 Å². The van der Waals surface area contributed by atoms with Crippen LogP contribution in [0.5, 0.6) is 0 Å². The third-order valence-electron chi connectivity index (χ3n) is 15.3. The van der Waals surface area contributed by atoms with Gasteiger partial charge in [-0.1, -0.05) is 157 Å². The maximum absolute atomic E-state index is 2.64. The summed E-state index contributed by atoms with van der Waals surface area (Å²) in [6.07, 6.45) is 13.5. The summed E-state index contributed by atoms with van der Waals surface area (Å²) in [5.74, 6) is 1.38. The van der Waals surface area contributed by atoms with Crippen LogP contribution in [0.25, 0.3) is 21.9 Å². The molecule has 0 aliphatic heterocycles. The van der Waals surface area contributed by atoms with Crippen LogP contribution in [0.15, 0.2) is 158 Å². The van der Waals surface area contributed by atoms with Crippen LogP contribution < -0.4 is 9.80 Å². The normalized spacial score (nSPS) is 16.7. The van der Waals surface area contributed by atoms with E-state index in [9.17, 15) is 0 Å². The minimum atomic E-state index is -1.97. The first-order valence-electron chi connectivity index (χ1n) is 24.1. The second-order valence-electron chi connectivity index (χ2n) is 21.1. The molecular weight excluding hydrogens is 793 g/mol. The minimum Gasteiger partial charge on any atom is -0.310 e. The van der Waals surface area contributed by atoms with E-state index in [-0.39, 0.29) is 4.66 Å². The molecule has 0 radical (unpaired) electrons.